The molecule has 1 aliphatic rings. The smallest absolute Gasteiger partial charge is 0.329 e. The van der Waals surface area contributed by atoms with E-state index in [1.54, 1.807) is 0 Å². The SMILES string of the molecule is Cc1cc(C)c(Oc2nc(Cl)nc(OCC3CO3)n2)c(C)c1. The molecule has 0 N–H and O–H groups in total. The summed E-state index contributed by atoms with van der Waals surface area (Å²) >= 11 is 5.90. The predicted octanol–water partition coefficient (Wildman–Crippen LogP) is 3.02. The molecule has 1 aliphatic heterocycles. The quantitative estimate of drug-likeness (QED) is 0.788. The van der Waals surface area contributed by atoms with Crippen LogP contribution in [0.4, 0.5) is 0 Å². The van der Waals surface area contributed by atoms with Crippen LogP contribution >= 0.6 is 11.6 Å². The van der Waals surface area contributed by atoms with E-state index >= 15 is 0 Å². The second-order valence-electron chi connectivity index (χ2n) is 5.27. The Bertz CT molecular complexity index is 681. The zero-order chi connectivity index (χ0) is 15.7. The highest BCUT2D eigenvalue weighted by Gasteiger charge is 2.24. The summed E-state index contributed by atoms with van der Waals surface area (Å²) in [6, 6.07) is 4.31. The molecule has 2 heterocycles. The molecule has 116 valence electrons. The molecule has 0 aliphatic carbocycles. The Hall–Kier alpha value is -1.92. The van der Waals surface area contributed by atoms with Crippen LogP contribution in [0.1, 0.15) is 16.7 Å². The summed E-state index contributed by atoms with van der Waals surface area (Å²) in [7, 11) is 0. The molecule has 0 bridgehead atoms. The van der Waals surface area contributed by atoms with Crippen LogP contribution in [-0.2, 0) is 4.74 Å². The van der Waals surface area contributed by atoms with Crippen molar-refractivity contribution in [3.63, 3.8) is 0 Å². The normalized spacial score (nSPS) is 16.5. The summed E-state index contributed by atoms with van der Waals surface area (Å²) in [5.74, 6) is 0.712. The molecular weight excluding hydrogens is 306 g/mol. The lowest BCUT2D eigenvalue weighted by Gasteiger charge is -2.12. The molecule has 1 aromatic heterocycles. The van der Waals surface area contributed by atoms with Crippen LogP contribution in [-0.4, -0.2) is 34.3 Å². The van der Waals surface area contributed by atoms with E-state index in [2.05, 4.69) is 15.0 Å². The molecule has 1 atom stereocenters. The van der Waals surface area contributed by atoms with E-state index in [9.17, 15) is 0 Å². The number of halogens is 1. The second-order valence-corrected chi connectivity index (χ2v) is 5.60. The van der Waals surface area contributed by atoms with Crippen molar-refractivity contribution in [1.29, 1.82) is 0 Å². The van der Waals surface area contributed by atoms with Crippen molar-refractivity contribution < 1.29 is 14.2 Å². The maximum Gasteiger partial charge on any atom is 0.329 e. The van der Waals surface area contributed by atoms with E-state index in [-0.39, 0.29) is 23.4 Å². The van der Waals surface area contributed by atoms with Crippen LogP contribution < -0.4 is 9.47 Å². The number of epoxide rings is 1. The van der Waals surface area contributed by atoms with Gasteiger partial charge in [-0.15, -0.1) is 4.98 Å². The third-order valence-electron chi connectivity index (χ3n) is 3.17. The van der Waals surface area contributed by atoms with E-state index in [4.69, 9.17) is 25.8 Å². The molecule has 2 aromatic rings. The fraction of sp³-hybridized carbons (Fsp3) is 0.400. The van der Waals surface area contributed by atoms with Gasteiger partial charge in [0, 0.05) is 0 Å². The van der Waals surface area contributed by atoms with Crippen LogP contribution in [0.25, 0.3) is 0 Å². The molecule has 3 rings (SSSR count). The Morgan fingerprint density at radius 1 is 1.14 bits per heavy atom. The molecule has 0 radical (unpaired) electrons. The molecule has 6 nitrogen and oxygen atoms in total. The van der Waals surface area contributed by atoms with Crippen molar-refractivity contribution in [2.24, 2.45) is 0 Å². The van der Waals surface area contributed by atoms with E-state index < -0.39 is 0 Å². The number of hydrogen-bond donors (Lipinski definition) is 0. The van der Waals surface area contributed by atoms with Gasteiger partial charge < -0.3 is 14.2 Å². The number of rotatable bonds is 5. The number of ether oxygens (including phenoxy) is 3. The van der Waals surface area contributed by atoms with Crippen LogP contribution in [0, 0.1) is 20.8 Å². The highest BCUT2D eigenvalue weighted by Crippen LogP contribution is 2.29. The predicted molar refractivity (Wildman–Crippen MR) is 80.8 cm³/mol. The van der Waals surface area contributed by atoms with Gasteiger partial charge in [-0.3, -0.25) is 0 Å². The molecule has 22 heavy (non-hydrogen) atoms. The maximum absolute atomic E-state index is 5.90. The van der Waals surface area contributed by atoms with Crippen molar-refractivity contribution in [2.45, 2.75) is 26.9 Å². The minimum absolute atomic E-state index is 0.0270. The molecule has 1 fully saturated rings. The summed E-state index contributed by atoms with van der Waals surface area (Å²) in [5, 5.41) is 0.0270. The Labute approximate surface area is 133 Å². The Morgan fingerprint density at radius 2 is 1.77 bits per heavy atom. The Kier molecular flexibility index (Phi) is 4.13. The first-order valence-electron chi connectivity index (χ1n) is 6.93. The molecule has 0 spiro atoms. The van der Waals surface area contributed by atoms with Gasteiger partial charge in [0.25, 0.3) is 0 Å². The zero-order valence-corrected chi connectivity index (χ0v) is 13.3. The van der Waals surface area contributed by atoms with Crippen LogP contribution in [0.2, 0.25) is 5.28 Å². The Morgan fingerprint density at radius 3 is 2.41 bits per heavy atom. The number of benzene rings is 1. The van der Waals surface area contributed by atoms with Crippen LogP contribution in [0.5, 0.6) is 17.8 Å². The van der Waals surface area contributed by atoms with Gasteiger partial charge in [-0.25, -0.2) is 0 Å². The van der Waals surface area contributed by atoms with Gasteiger partial charge in [0.2, 0.25) is 5.28 Å². The van der Waals surface area contributed by atoms with Crippen molar-refractivity contribution in [3.8, 4) is 17.8 Å². The van der Waals surface area contributed by atoms with Crippen molar-refractivity contribution in [2.75, 3.05) is 13.2 Å². The number of nitrogens with zero attached hydrogens (tertiary/aromatic N) is 3. The van der Waals surface area contributed by atoms with Gasteiger partial charge in [0.1, 0.15) is 18.5 Å². The van der Waals surface area contributed by atoms with E-state index in [1.807, 2.05) is 32.9 Å². The maximum atomic E-state index is 5.90. The number of hydrogen-bond acceptors (Lipinski definition) is 6. The van der Waals surface area contributed by atoms with Gasteiger partial charge in [-0.05, 0) is 43.5 Å². The Balaban J connectivity index is 1.82. The highest BCUT2D eigenvalue weighted by molar-refractivity contribution is 6.28. The number of aryl methyl sites for hydroxylation is 3. The van der Waals surface area contributed by atoms with Crippen LogP contribution in [0.15, 0.2) is 12.1 Å². The fourth-order valence-corrected chi connectivity index (χ4v) is 2.32. The van der Waals surface area contributed by atoms with E-state index in [1.165, 1.54) is 5.56 Å². The molecular formula is C15H16ClN3O3. The summed E-state index contributed by atoms with van der Waals surface area (Å²) in [6.07, 6.45) is 0.112. The minimum atomic E-state index is 0.0270. The zero-order valence-electron chi connectivity index (χ0n) is 12.6. The molecule has 1 saturated heterocycles. The minimum Gasteiger partial charge on any atom is -0.460 e. The lowest BCUT2D eigenvalue weighted by Crippen LogP contribution is -2.08. The van der Waals surface area contributed by atoms with Gasteiger partial charge in [-0.2, -0.15) is 9.97 Å². The van der Waals surface area contributed by atoms with Crippen LogP contribution in [0.3, 0.4) is 0 Å². The van der Waals surface area contributed by atoms with Crippen molar-refractivity contribution in [3.05, 3.63) is 34.1 Å². The standard InChI is InChI=1S/C15H16ClN3O3/c1-8-4-9(2)12(10(3)5-8)22-15-18-13(16)17-14(19-15)21-7-11-6-20-11/h4-5,11H,6-7H2,1-3H3. The molecule has 7 heteroatoms. The third-order valence-corrected chi connectivity index (χ3v) is 3.33. The van der Waals surface area contributed by atoms with Crippen molar-refractivity contribution >= 4 is 11.6 Å². The lowest BCUT2D eigenvalue weighted by atomic mass is 10.1. The molecule has 0 amide bonds. The van der Waals surface area contributed by atoms with E-state index in [0.29, 0.717) is 19.0 Å². The first kappa shape index (κ1) is 15.0. The van der Waals surface area contributed by atoms with Gasteiger partial charge in [0.15, 0.2) is 0 Å². The highest BCUT2D eigenvalue weighted by atomic mass is 35.5. The first-order chi connectivity index (χ1) is 10.5. The molecule has 1 aromatic carbocycles. The lowest BCUT2D eigenvalue weighted by molar-refractivity contribution is 0.242. The van der Waals surface area contributed by atoms with Gasteiger partial charge >= 0.3 is 12.0 Å². The monoisotopic (exact) mass is 321 g/mol. The molecule has 1 unspecified atom stereocenters. The average Bonchev–Trinajstić information content (AvgIpc) is 3.24. The fourth-order valence-electron chi connectivity index (χ4n) is 2.18. The largest absolute Gasteiger partial charge is 0.460 e. The third kappa shape index (κ3) is 3.64. The number of aromatic nitrogens is 3. The summed E-state index contributed by atoms with van der Waals surface area (Å²) in [6.45, 7) is 7.07. The average molecular weight is 322 g/mol. The summed E-state index contributed by atoms with van der Waals surface area (Å²) < 4.78 is 16.3. The van der Waals surface area contributed by atoms with E-state index in [0.717, 1.165) is 11.1 Å². The van der Waals surface area contributed by atoms with Crippen molar-refractivity contribution in [1.82, 2.24) is 15.0 Å². The summed E-state index contributed by atoms with van der Waals surface area (Å²) in [4.78, 5) is 12.0. The summed E-state index contributed by atoms with van der Waals surface area (Å²) in [5.41, 5.74) is 3.18. The first-order valence-corrected chi connectivity index (χ1v) is 7.31. The second kappa shape index (κ2) is 6.06. The molecule has 0 saturated carbocycles. The topological polar surface area (TPSA) is 69.7 Å². The van der Waals surface area contributed by atoms with Gasteiger partial charge in [-0.1, -0.05) is 17.7 Å². The van der Waals surface area contributed by atoms with Gasteiger partial charge in [0.05, 0.1) is 6.61 Å².